The van der Waals surface area contributed by atoms with Crippen LogP contribution in [0.4, 0.5) is 0 Å². The second-order valence-corrected chi connectivity index (χ2v) is 8.75. The van der Waals surface area contributed by atoms with Crippen LogP contribution in [0.1, 0.15) is 67.7 Å². The Morgan fingerprint density at radius 1 is 1.10 bits per heavy atom. The largest absolute Gasteiger partial charge is 0.313 e. The van der Waals surface area contributed by atoms with Gasteiger partial charge >= 0.3 is 0 Å². The monoisotopic (exact) mass is 282 g/mol. The number of rotatable bonds is 6. The second kappa shape index (κ2) is 7.79. The lowest BCUT2D eigenvalue weighted by molar-refractivity contribution is 0.0898. The van der Waals surface area contributed by atoms with Gasteiger partial charge in [-0.3, -0.25) is 4.90 Å². The Morgan fingerprint density at radius 2 is 1.75 bits per heavy atom. The topological polar surface area (TPSA) is 15.3 Å². The molecule has 2 heteroatoms. The van der Waals surface area contributed by atoms with E-state index in [0.29, 0.717) is 17.5 Å². The number of nitrogens with zero attached hydrogens (tertiary/aromatic N) is 1. The third-order valence-corrected chi connectivity index (χ3v) is 4.35. The molecular formula is C18H38N2. The summed E-state index contributed by atoms with van der Waals surface area (Å²) in [6.45, 7) is 20.1. The highest BCUT2D eigenvalue weighted by Gasteiger charge is 2.30. The van der Waals surface area contributed by atoms with Crippen molar-refractivity contribution < 1.29 is 0 Å². The van der Waals surface area contributed by atoms with Crippen molar-refractivity contribution in [3.8, 4) is 0 Å². The summed E-state index contributed by atoms with van der Waals surface area (Å²) >= 11 is 0. The average Bonchev–Trinajstić information content (AvgIpc) is 2.25. The lowest BCUT2D eigenvalue weighted by atomic mass is 9.79. The second-order valence-electron chi connectivity index (χ2n) is 8.75. The van der Waals surface area contributed by atoms with E-state index in [2.05, 4.69) is 58.7 Å². The quantitative estimate of drug-likeness (QED) is 0.787. The molecule has 1 aliphatic heterocycles. The van der Waals surface area contributed by atoms with E-state index in [4.69, 9.17) is 0 Å². The molecule has 1 heterocycles. The van der Waals surface area contributed by atoms with Crippen LogP contribution in [-0.2, 0) is 0 Å². The minimum atomic E-state index is 0.452. The van der Waals surface area contributed by atoms with Crippen molar-refractivity contribution in [1.82, 2.24) is 10.2 Å². The fourth-order valence-corrected chi connectivity index (χ4v) is 3.40. The van der Waals surface area contributed by atoms with Crippen molar-refractivity contribution in [3.05, 3.63) is 0 Å². The Morgan fingerprint density at radius 3 is 2.25 bits per heavy atom. The van der Waals surface area contributed by atoms with Crippen LogP contribution in [0.5, 0.6) is 0 Å². The lowest BCUT2D eigenvalue weighted by Gasteiger charge is -2.42. The maximum absolute atomic E-state index is 3.81. The number of likely N-dealkylation sites (tertiary alicyclic amines) is 1. The van der Waals surface area contributed by atoms with Gasteiger partial charge < -0.3 is 5.32 Å². The summed E-state index contributed by atoms with van der Waals surface area (Å²) in [6.07, 6.45) is 4.00. The normalized spacial score (nSPS) is 25.6. The molecule has 1 saturated heterocycles. The predicted molar refractivity (Wildman–Crippen MR) is 90.1 cm³/mol. The van der Waals surface area contributed by atoms with E-state index in [0.717, 1.165) is 11.8 Å². The maximum Gasteiger partial charge on any atom is 0.0198 e. The molecule has 1 aliphatic rings. The van der Waals surface area contributed by atoms with E-state index in [1.54, 1.807) is 0 Å². The highest BCUT2D eigenvalue weighted by atomic mass is 15.2. The Kier molecular flexibility index (Phi) is 7.00. The molecule has 1 N–H and O–H groups in total. The summed E-state index contributed by atoms with van der Waals surface area (Å²) in [5.41, 5.74) is 0.452. The minimum absolute atomic E-state index is 0.452. The van der Waals surface area contributed by atoms with Crippen molar-refractivity contribution in [1.29, 1.82) is 0 Å². The number of piperidine rings is 1. The number of hydrogen-bond acceptors (Lipinski definition) is 2. The smallest absolute Gasteiger partial charge is 0.0198 e. The van der Waals surface area contributed by atoms with E-state index in [9.17, 15) is 0 Å². The highest BCUT2D eigenvalue weighted by molar-refractivity contribution is 4.86. The molecule has 0 aliphatic carbocycles. The Balaban J connectivity index is 2.52. The van der Waals surface area contributed by atoms with Gasteiger partial charge in [0.05, 0.1) is 0 Å². The van der Waals surface area contributed by atoms with Gasteiger partial charge in [-0.2, -0.15) is 0 Å². The molecule has 2 nitrogen and oxygen atoms in total. The van der Waals surface area contributed by atoms with Crippen LogP contribution in [0.3, 0.4) is 0 Å². The van der Waals surface area contributed by atoms with E-state index in [-0.39, 0.29) is 0 Å². The van der Waals surface area contributed by atoms with Crippen LogP contribution in [0.25, 0.3) is 0 Å². The van der Waals surface area contributed by atoms with Gasteiger partial charge in [-0.1, -0.05) is 34.6 Å². The summed E-state index contributed by atoms with van der Waals surface area (Å²) in [4.78, 5) is 2.67. The zero-order chi connectivity index (χ0) is 15.3. The van der Waals surface area contributed by atoms with Crippen molar-refractivity contribution in [2.75, 3.05) is 19.6 Å². The van der Waals surface area contributed by atoms with Gasteiger partial charge in [0, 0.05) is 25.2 Å². The third kappa shape index (κ3) is 7.08. The van der Waals surface area contributed by atoms with Crippen LogP contribution in [0, 0.1) is 17.3 Å². The SMILES string of the molecule is CC(C)CCNC1CC(CC(C)(C)C)CN(C(C)C)C1. The van der Waals surface area contributed by atoms with Gasteiger partial charge in [0.15, 0.2) is 0 Å². The molecule has 0 radical (unpaired) electrons. The van der Waals surface area contributed by atoms with E-state index >= 15 is 0 Å². The molecule has 0 saturated carbocycles. The van der Waals surface area contributed by atoms with Crippen LogP contribution >= 0.6 is 0 Å². The molecule has 1 fully saturated rings. The van der Waals surface area contributed by atoms with E-state index in [1.165, 1.54) is 38.9 Å². The van der Waals surface area contributed by atoms with Crippen molar-refractivity contribution in [2.45, 2.75) is 79.8 Å². The fourth-order valence-electron chi connectivity index (χ4n) is 3.40. The average molecular weight is 283 g/mol. The third-order valence-electron chi connectivity index (χ3n) is 4.35. The summed E-state index contributed by atoms with van der Waals surface area (Å²) in [6, 6.07) is 1.37. The first-order valence-corrected chi connectivity index (χ1v) is 8.65. The first-order valence-electron chi connectivity index (χ1n) is 8.65. The molecule has 0 aromatic heterocycles. The van der Waals surface area contributed by atoms with E-state index < -0.39 is 0 Å². The lowest BCUT2D eigenvalue weighted by Crippen LogP contribution is -2.52. The molecule has 2 unspecified atom stereocenters. The molecule has 0 spiro atoms. The zero-order valence-corrected chi connectivity index (χ0v) is 15.0. The Bertz CT molecular complexity index is 265. The predicted octanol–water partition coefficient (Wildman–Crippen LogP) is 4.16. The van der Waals surface area contributed by atoms with Gasteiger partial charge in [-0.25, -0.2) is 0 Å². The van der Waals surface area contributed by atoms with Gasteiger partial charge in [0.25, 0.3) is 0 Å². The van der Waals surface area contributed by atoms with Crippen molar-refractivity contribution in [3.63, 3.8) is 0 Å². The molecule has 0 aromatic carbocycles. The summed E-state index contributed by atoms with van der Waals surface area (Å²) in [5, 5.41) is 3.81. The van der Waals surface area contributed by atoms with Crippen LogP contribution < -0.4 is 5.32 Å². The van der Waals surface area contributed by atoms with Crippen LogP contribution in [-0.4, -0.2) is 36.6 Å². The molecule has 0 aromatic rings. The molecular weight excluding hydrogens is 244 g/mol. The first-order chi connectivity index (χ1) is 9.17. The fraction of sp³-hybridized carbons (Fsp3) is 1.00. The summed E-state index contributed by atoms with van der Waals surface area (Å²) in [5.74, 6) is 1.65. The molecule has 0 bridgehead atoms. The zero-order valence-electron chi connectivity index (χ0n) is 15.0. The van der Waals surface area contributed by atoms with Gasteiger partial charge in [0.1, 0.15) is 0 Å². The summed E-state index contributed by atoms with van der Waals surface area (Å²) < 4.78 is 0. The molecule has 120 valence electrons. The number of nitrogens with one attached hydrogen (secondary N) is 1. The van der Waals surface area contributed by atoms with Crippen molar-refractivity contribution >= 4 is 0 Å². The maximum atomic E-state index is 3.81. The van der Waals surface area contributed by atoms with Crippen LogP contribution in [0.2, 0.25) is 0 Å². The molecule has 1 rings (SSSR count). The van der Waals surface area contributed by atoms with E-state index in [1.807, 2.05) is 0 Å². The Labute approximate surface area is 127 Å². The van der Waals surface area contributed by atoms with Gasteiger partial charge in [0.2, 0.25) is 0 Å². The number of hydrogen-bond donors (Lipinski definition) is 1. The molecule has 0 amide bonds. The van der Waals surface area contributed by atoms with Crippen molar-refractivity contribution in [2.24, 2.45) is 17.3 Å². The molecule has 20 heavy (non-hydrogen) atoms. The summed E-state index contributed by atoms with van der Waals surface area (Å²) in [7, 11) is 0. The van der Waals surface area contributed by atoms with Crippen LogP contribution in [0.15, 0.2) is 0 Å². The van der Waals surface area contributed by atoms with Gasteiger partial charge in [-0.15, -0.1) is 0 Å². The highest BCUT2D eigenvalue weighted by Crippen LogP contribution is 2.30. The standard InChI is InChI=1S/C18H38N2/c1-14(2)8-9-19-17-10-16(11-18(5,6)7)12-20(13-17)15(3)4/h14-17,19H,8-13H2,1-7H3. The van der Waals surface area contributed by atoms with Gasteiger partial charge in [-0.05, 0) is 56.9 Å². The Hall–Kier alpha value is -0.0800. The first kappa shape index (κ1) is 18.0. The minimum Gasteiger partial charge on any atom is -0.313 e. The molecule has 2 atom stereocenters.